The van der Waals surface area contributed by atoms with Gasteiger partial charge in [0, 0.05) is 0 Å². The summed E-state index contributed by atoms with van der Waals surface area (Å²) in [5.41, 5.74) is 1.72. The van der Waals surface area contributed by atoms with Crippen LogP contribution in [0.25, 0.3) is 0 Å². The van der Waals surface area contributed by atoms with Gasteiger partial charge in [-0.3, -0.25) is 0 Å². The fraction of sp³-hybridized carbons (Fsp3) is 0.600. The maximum atomic E-state index is 2.53. The fourth-order valence-corrected chi connectivity index (χ4v) is 2.94. The summed E-state index contributed by atoms with van der Waals surface area (Å²) in [4.78, 5) is 0. The van der Waals surface area contributed by atoms with Crippen molar-refractivity contribution in [1.29, 1.82) is 0 Å². The van der Waals surface area contributed by atoms with Crippen molar-refractivity contribution in [2.75, 3.05) is 0 Å². The van der Waals surface area contributed by atoms with Crippen molar-refractivity contribution in [1.82, 2.24) is 0 Å². The molecular weight excluding hydrogens is 180 g/mol. The molecule has 82 valence electrons. The Bertz CT molecular complexity index is 304. The second-order valence-corrected chi connectivity index (χ2v) is 5.21. The van der Waals surface area contributed by atoms with Crippen molar-refractivity contribution >= 4 is 0 Å². The zero-order chi connectivity index (χ0) is 10.8. The van der Waals surface area contributed by atoms with Crippen LogP contribution in [-0.2, 0) is 0 Å². The molecule has 0 heteroatoms. The van der Waals surface area contributed by atoms with Crippen LogP contribution in [0.5, 0.6) is 0 Å². The lowest BCUT2D eigenvalue weighted by molar-refractivity contribution is 0.423. The van der Waals surface area contributed by atoms with Crippen LogP contribution in [0.15, 0.2) is 36.0 Å². The highest BCUT2D eigenvalue weighted by Gasteiger charge is 2.32. The Kier molecular flexibility index (Phi) is 3.14. The lowest BCUT2D eigenvalue weighted by Crippen LogP contribution is -2.14. The van der Waals surface area contributed by atoms with E-state index in [1.54, 1.807) is 5.57 Å². The molecule has 3 atom stereocenters. The molecule has 0 saturated carbocycles. The Morgan fingerprint density at radius 2 is 2.20 bits per heavy atom. The van der Waals surface area contributed by atoms with E-state index in [4.69, 9.17) is 0 Å². The van der Waals surface area contributed by atoms with Gasteiger partial charge in [-0.1, -0.05) is 49.8 Å². The zero-order valence-electron chi connectivity index (χ0n) is 10.1. The third kappa shape index (κ3) is 2.09. The van der Waals surface area contributed by atoms with Crippen LogP contribution in [0.4, 0.5) is 0 Å². The summed E-state index contributed by atoms with van der Waals surface area (Å²) >= 11 is 0. The van der Waals surface area contributed by atoms with Crippen molar-refractivity contribution in [3.05, 3.63) is 36.0 Å². The van der Waals surface area contributed by atoms with E-state index in [2.05, 4.69) is 51.2 Å². The third-order valence-electron chi connectivity index (χ3n) is 3.81. The van der Waals surface area contributed by atoms with Gasteiger partial charge in [0.15, 0.2) is 0 Å². The van der Waals surface area contributed by atoms with E-state index in [0.717, 1.165) is 23.7 Å². The van der Waals surface area contributed by atoms with Gasteiger partial charge in [0.25, 0.3) is 0 Å². The molecule has 3 unspecified atom stereocenters. The van der Waals surface area contributed by atoms with E-state index in [1.165, 1.54) is 12.8 Å². The van der Waals surface area contributed by atoms with Crippen LogP contribution in [-0.4, -0.2) is 0 Å². The molecule has 2 bridgehead atoms. The van der Waals surface area contributed by atoms with Gasteiger partial charge in [0.2, 0.25) is 0 Å². The molecule has 0 heterocycles. The molecule has 2 rings (SSSR count). The molecule has 0 aliphatic heterocycles. The summed E-state index contributed by atoms with van der Waals surface area (Å²) < 4.78 is 0. The van der Waals surface area contributed by atoms with E-state index in [-0.39, 0.29) is 0 Å². The van der Waals surface area contributed by atoms with Crippen LogP contribution >= 0.6 is 0 Å². The van der Waals surface area contributed by atoms with Crippen molar-refractivity contribution in [3.8, 4) is 0 Å². The number of hydrogen-bond donors (Lipinski definition) is 0. The zero-order valence-corrected chi connectivity index (χ0v) is 10.1. The van der Waals surface area contributed by atoms with Gasteiger partial charge in [0.1, 0.15) is 0 Å². The van der Waals surface area contributed by atoms with Crippen LogP contribution in [0.1, 0.15) is 33.6 Å². The van der Waals surface area contributed by atoms with Crippen LogP contribution in [0, 0.1) is 23.7 Å². The Balaban J connectivity index is 2.09. The average molecular weight is 202 g/mol. The number of rotatable bonds is 4. The molecule has 15 heavy (non-hydrogen) atoms. The summed E-state index contributed by atoms with van der Waals surface area (Å²) in [6, 6.07) is 0. The van der Waals surface area contributed by atoms with Gasteiger partial charge in [0.05, 0.1) is 0 Å². The molecule has 0 radical (unpaired) electrons. The van der Waals surface area contributed by atoms with Crippen molar-refractivity contribution in [2.24, 2.45) is 23.7 Å². The van der Waals surface area contributed by atoms with Crippen molar-refractivity contribution < 1.29 is 0 Å². The predicted molar refractivity (Wildman–Crippen MR) is 66.6 cm³/mol. The number of fused-ring (bicyclic) bond motifs is 2. The standard InChI is InChI=1S/C15H22/c1-4-5-6-14(11(2)3)15-10-12-7-8-13(15)9-12/h4-5,7-8,10-14H,6,9H2,1-3H3. The summed E-state index contributed by atoms with van der Waals surface area (Å²) in [6.07, 6.45) is 14.4. The maximum Gasteiger partial charge on any atom is -0.00113 e. The fourth-order valence-electron chi connectivity index (χ4n) is 2.94. The molecule has 0 fully saturated rings. The van der Waals surface area contributed by atoms with Gasteiger partial charge < -0.3 is 0 Å². The topological polar surface area (TPSA) is 0 Å². The summed E-state index contributed by atoms with van der Waals surface area (Å²) in [7, 11) is 0. The monoisotopic (exact) mass is 202 g/mol. The van der Waals surface area contributed by atoms with Gasteiger partial charge in [-0.05, 0) is 43.4 Å². The number of hydrogen-bond acceptors (Lipinski definition) is 0. The number of allylic oxidation sites excluding steroid dienone is 6. The highest BCUT2D eigenvalue weighted by Crippen LogP contribution is 2.44. The van der Waals surface area contributed by atoms with Gasteiger partial charge in [-0.15, -0.1) is 0 Å². The van der Waals surface area contributed by atoms with Crippen molar-refractivity contribution in [3.63, 3.8) is 0 Å². The lowest BCUT2D eigenvalue weighted by atomic mass is 9.80. The van der Waals surface area contributed by atoms with Gasteiger partial charge >= 0.3 is 0 Å². The van der Waals surface area contributed by atoms with Crippen LogP contribution in [0.3, 0.4) is 0 Å². The second-order valence-electron chi connectivity index (χ2n) is 5.21. The maximum absolute atomic E-state index is 2.53. The van der Waals surface area contributed by atoms with E-state index >= 15 is 0 Å². The van der Waals surface area contributed by atoms with E-state index in [0.29, 0.717) is 0 Å². The molecule has 0 nitrogen and oxygen atoms in total. The summed E-state index contributed by atoms with van der Waals surface area (Å²) in [5, 5.41) is 0. The molecule has 0 saturated heterocycles. The first-order valence-electron chi connectivity index (χ1n) is 6.23. The first-order chi connectivity index (χ1) is 7.22. The molecule has 2 aliphatic carbocycles. The minimum atomic E-state index is 0.761. The van der Waals surface area contributed by atoms with Crippen LogP contribution in [0.2, 0.25) is 0 Å². The third-order valence-corrected chi connectivity index (χ3v) is 3.81. The summed E-state index contributed by atoms with van der Waals surface area (Å²) in [5.74, 6) is 3.06. The minimum Gasteiger partial charge on any atom is -0.0916 e. The molecular formula is C15H22. The molecule has 0 spiro atoms. The smallest absolute Gasteiger partial charge is 0.00113 e. The quantitative estimate of drug-likeness (QED) is 0.594. The Labute approximate surface area is 93.8 Å². The minimum absolute atomic E-state index is 0.761. The molecule has 0 aromatic carbocycles. The summed E-state index contributed by atoms with van der Waals surface area (Å²) in [6.45, 7) is 6.82. The Hall–Kier alpha value is -0.780. The molecule has 0 aromatic heterocycles. The normalized spacial score (nSPS) is 30.5. The first-order valence-corrected chi connectivity index (χ1v) is 6.23. The largest absolute Gasteiger partial charge is 0.0916 e. The Morgan fingerprint density at radius 1 is 1.40 bits per heavy atom. The molecule has 0 aromatic rings. The first kappa shape index (κ1) is 10.7. The van der Waals surface area contributed by atoms with Crippen molar-refractivity contribution in [2.45, 2.75) is 33.6 Å². The second kappa shape index (κ2) is 4.38. The van der Waals surface area contributed by atoms with Gasteiger partial charge in [-0.2, -0.15) is 0 Å². The van der Waals surface area contributed by atoms with E-state index in [1.807, 2.05) is 0 Å². The van der Waals surface area contributed by atoms with E-state index in [9.17, 15) is 0 Å². The SMILES string of the molecule is CC=CCC(C1=CC2C=CC1C2)C(C)C. The molecule has 2 aliphatic rings. The average Bonchev–Trinajstić information content (AvgIpc) is 2.79. The molecule has 0 N–H and O–H groups in total. The van der Waals surface area contributed by atoms with E-state index < -0.39 is 0 Å². The highest BCUT2D eigenvalue weighted by atomic mass is 14.4. The predicted octanol–water partition coefficient (Wildman–Crippen LogP) is 4.36. The van der Waals surface area contributed by atoms with Crippen LogP contribution < -0.4 is 0 Å². The van der Waals surface area contributed by atoms with Gasteiger partial charge in [-0.25, -0.2) is 0 Å². The molecule has 0 amide bonds. The highest BCUT2D eigenvalue weighted by molar-refractivity contribution is 5.32. The Morgan fingerprint density at radius 3 is 2.67 bits per heavy atom. The lowest BCUT2D eigenvalue weighted by Gasteiger charge is -2.25.